The van der Waals surface area contributed by atoms with Gasteiger partial charge in [-0.15, -0.1) is 0 Å². The first-order chi connectivity index (χ1) is 15.9. The third kappa shape index (κ3) is 4.37. The molecule has 0 saturated carbocycles. The standard InChI is InChI=1S/C22H19ClF3N3O4S/c1-13-10-20(29(27-13)15-8-6-14(23)7-9-15)28-12-16(11-18(28)21(30)31)34(32,33)19-5-3-2-4-17(19)22(24,25)26/h2-10,16,18H,11-12H2,1H3,(H,30,31)/t16-,18+/m1/s1. The number of sulfone groups is 1. The van der Waals surface area contributed by atoms with E-state index in [1.807, 2.05) is 0 Å². The summed E-state index contributed by atoms with van der Waals surface area (Å²) in [7, 11) is -4.51. The molecule has 2 heterocycles. The van der Waals surface area contributed by atoms with Crippen molar-refractivity contribution < 1.29 is 31.5 Å². The number of hydrogen-bond acceptors (Lipinski definition) is 5. The molecule has 1 fully saturated rings. The molecule has 1 aliphatic rings. The first kappa shape index (κ1) is 24.1. The molecule has 3 aromatic rings. The van der Waals surface area contributed by atoms with E-state index in [4.69, 9.17) is 11.6 Å². The lowest BCUT2D eigenvalue weighted by atomic mass is 10.2. The molecular formula is C22H19ClF3N3O4S. The van der Waals surface area contributed by atoms with Gasteiger partial charge in [-0.05, 0) is 49.7 Å². The Balaban J connectivity index is 1.76. The molecule has 0 spiro atoms. The van der Waals surface area contributed by atoms with E-state index in [-0.39, 0.29) is 13.0 Å². The highest BCUT2D eigenvalue weighted by Gasteiger charge is 2.47. The number of benzene rings is 2. The van der Waals surface area contributed by atoms with Crippen molar-refractivity contribution in [2.24, 2.45) is 0 Å². The molecule has 0 amide bonds. The lowest BCUT2D eigenvalue weighted by Gasteiger charge is -2.24. The van der Waals surface area contributed by atoms with Crippen LogP contribution in [0.15, 0.2) is 59.5 Å². The summed E-state index contributed by atoms with van der Waals surface area (Å²) in [6.07, 6.45) is -5.26. The van der Waals surface area contributed by atoms with E-state index in [2.05, 4.69) is 5.10 Å². The van der Waals surface area contributed by atoms with Crippen molar-refractivity contribution in [3.05, 3.63) is 70.9 Å². The van der Waals surface area contributed by atoms with Gasteiger partial charge in [0.15, 0.2) is 9.84 Å². The molecule has 0 aliphatic carbocycles. The molecule has 2 atom stereocenters. The van der Waals surface area contributed by atoms with Gasteiger partial charge in [0, 0.05) is 17.6 Å². The fraction of sp³-hybridized carbons (Fsp3) is 0.273. The molecule has 34 heavy (non-hydrogen) atoms. The Kier molecular flexibility index (Phi) is 6.11. The molecule has 0 bridgehead atoms. The van der Waals surface area contributed by atoms with Crippen LogP contribution in [0.25, 0.3) is 5.69 Å². The minimum Gasteiger partial charge on any atom is -0.480 e. The average Bonchev–Trinajstić information content (AvgIpc) is 3.38. The lowest BCUT2D eigenvalue weighted by Crippen LogP contribution is -2.37. The van der Waals surface area contributed by atoms with Gasteiger partial charge in [0.1, 0.15) is 11.9 Å². The van der Waals surface area contributed by atoms with E-state index in [1.165, 1.54) is 15.6 Å². The Morgan fingerprint density at radius 1 is 1.15 bits per heavy atom. The topological polar surface area (TPSA) is 92.5 Å². The first-order valence-electron chi connectivity index (χ1n) is 10.1. The number of carbonyl (C=O) groups is 1. The molecular weight excluding hydrogens is 495 g/mol. The molecule has 1 N–H and O–H groups in total. The van der Waals surface area contributed by atoms with E-state index in [9.17, 15) is 31.5 Å². The van der Waals surface area contributed by atoms with Crippen LogP contribution in [0.5, 0.6) is 0 Å². The van der Waals surface area contributed by atoms with Gasteiger partial charge in [0.2, 0.25) is 0 Å². The Hall–Kier alpha value is -3.05. The molecule has 12 heteroatoms. The summed E-state index contributed by atoms with van der Waals surface area (Å²) >= 11 is 5.94. The van der Waals surface area contributed by atoms with Crippen LogP contribution in [-0.2, 0) is 20.8 Å². The van der Waals surface area contributed by atoms with Crippen LogP contribution in [0.3, 0.4) is 0 Å². The molecule has 0 radical (unpaired) electrons. The fourth-order valence-corrected chi connectivity index (χ4v) is 6.14. The molecule has 1 aromatic heterocycles. The average molecular weight is 514 g/mol. The Morgan fingerprint density at radius 3 is 2.41 bits per heavy atom. The summed E-state index contributed by atoms with van der Waals surface area (Å²) in [6, 6.07) is 10.8. The summed E-state index contributed by atoms with van der Waals surface area (Å²) in [4.78, 5) is 12.6. The predicted molar refractivity (Wildman–Crippen MR) is 119 cm³/mol. The van der Waals surface area contributed by atoms with Gasteiger partial charge in [0.25, 0.3) is 0 Å². The zero-order valence-electron chi connectivity index (χ0n) is 17.7. The third-order valence-electron chi connectivity index (χ3n) is 5.66. The molecule has 0 unspecified atom stereocenters. The number of aromatic nitrogens is 2. The molecule has 1 saturated heterocycles. The highest BCUT2D eigenvalue weighted by atomic mass is 35.5. The van der Waals surface area contributed by atoms with Crippen LogP contribution in [0.2, 0.25) is 5.02 Å². The van der Waals surface area contributed by atoms with Crippen LogP contribution in [0.4, 0.5) is 19.0 Å². The second kappa shape index (κ2) is 8.62. The summed E-state index contributed by atoms with van der Waals surface area (Å²) < 4.78 is 68.5. The van der Waals surface area contributed by atoms with Crippen LogP contribution in [0, 0.1) is 6.92 Å². The summed E-state index contributed by atoms with van der Waals surface area (Å²) in [5.74, 6) is -0.975. The van der Waals surface area contributed by atoms with Gasteiger partial charge in [-0.25, -0.2) is 17.9 Å². The monoisotopic (exact) mass is 513 g/mol. The highest BCUT2D eigenvalue weighted by molar-refractivity contribution is 7.92. The minimum absolute atomic E-state index is 0.314. The highest BCUT2D eigenvalue weighted by Crippen LogP contribution is 2.39. The smallest absolute Gasteiger partial charge is 0.417 e. The molecule has 4 rings (SSSR count). The number of aliphatic carboxylic acids is 1. The van der Waals surface area contributed by atoms with E-state index in [0.717, 1.165) is 12.1 Å². The number of rotatable bonds is 5. The van der Waals surface area contributed by atoms with E-state index in [0.29, 0.717) is 28.3 Å². The number of nitrogens with zero attached hydrogens (tertiary/aromatic N) is 3. The number of anilines is 1. The molecule has 7 nitrogen and oxygen atoms in total. The van der Waals surface area contributed by atoms with Crippen LogP contribution in [0.1, 0.15) is 17.7 Å². The minimum atomic E-state index is -4.88. The van der Waals surface area contributed by atoms with Gasteiger partial charge >= 0.3 is 12.1 Å². The second-order valence-corrected chi connectivity index (χ2v) is 10.6. The number of carboxylic acid groups (broad SMARTS) is 1. The molecule has 2 aromatic carbocycles. The zero-order valence-corrected chi connectivity index (χ0v) is 19.3. The van der Waals surface area contributed by atoms with E-state index < -0.39 is 43.7 Å². The van der Waals surface area contributed by atoms with Crippen molar-refractivity contribution in [2.75, 3.05) is 11.4 Å². The Morgan fingerprint density at radius 2 is 1.79 bits per heavy atom. The van der Waals surface area contributed by atoms with Crippen molar-refractivity contribution in [2.45, 2.75) is 35.7 Å². The van der Waals surface area contributed by atoms with Crippen molar-refractivity contribution in [3.8, 4) is 5.69 Å². The number of carboxylic acids is 1. The zero-order chi connectivity index (χ0) is 24.8. The summed E-state index contributed by atoms with van der Waals surface area (Å²) in [5.41, 5.74) is -0.171. The van der Waals surface area contributed by atoms with Crippen molar-refractivity contribution in [3.63, 3.8) is 0 Å². The summed E-state index contributed by atoms with van der Waals surface area (Å²) in [5, 5.41) is 13.3. The summed E-state index contributed by atoms with van der Waals surface area (Å²) in [6.45, 7) is 1.37. The maximum absolute atomic E-state index is 13.5. The van der Waals surface area contributed by atoms with Crippen molar-refractivity contribution >= 4 is 33.2 Å². The normalized spacial score (nSPS) is 18.9. The van der Waals surface area contributed by atoms with E-state index >= 15 is 0 Å². The van der Waals surface area contributed by atoms with Crippen LogP contribution < -0.4 is 4.90 Å². The fourth-order valence-electron chi connectivity index (χ4n) is 4.10. The first-order valence-corrected chi connectivity index (χ1v) is 12.0. The number of hydrogen-bond donors (Lipinski definition) is 1. The van der Waals surface area contributed by atoms with Crippen LogP contribution >= 0.6 is 11.6 Å². The second-order valence-electron chi connectivity index (χ2n) is 7.94. The molecule has 180 valence electrons. The number of halogens is 4. The lowest BCUT2D eigenvalue weighted by molar-refractivity contribution is -0.140. The van der Waals surface area contributed by atoms with Crippen molar-refractivity contribution in [1.29, 1.82) is 0 Å². The Labute approximate surface area is 198 Å². The number of alkyl halides is 3. The quantitative estimate of drug-likeness (QED) is 0.545. The van der Waals surface area contributed by atoms with Crippen LogP contribution in [-0.4, -0.2) is 47.1 Å². The van der Waals surface area contributed by atoms with Gasteiger partial charge < -0.3 is 10.0 Å². The predicted octanol–water partition coefficient (Wildman–Crippen LogP) is 4.36. The SMILES string of the molecule is Cc1cc(N2C[C@H](S(=O)(=O)c3ccccc3C(F)(F)F)C[C@H]2C(=O)O)n(-c2ccc(Cl)cc2)n1. The number of aryl methyl sites for hydroxylation is 1. The maximum atomic E-state index is 13.5. The van der Waals surface area contributed by atoms with Gasteiger partial charge in [-0.2, -0.15) is 18.3 Å². The third-order valence-corrected chi connectivity index (χ3v) is 8.10. The van der Waals surface area contributed by atoms with Crippen molar-refractivity contribution in [1.82, 2.24) is 9.78 Å². The largest absolute Gasteiger partial charge is 0.480 e. The maximum Gasteiger partial charge on any atom is 0.417 e. The van der Waals surface area contributed by atoms with E-state index in [1.54, 1.807) is 37.3 Å². The van der Waals surface area contributed by atoms with Gasteiger partial charge in [-0.3, -0.25) is 0 Å². The van der Waals surface area contributed by atoms with Gasteiger partial charge in [-0.1, -0.05) is 23.7 Å². The molecule has 1 aliphatic heterocycles. The Bertz CT molecular complexity index is 1340. The van der Waals surface area contributed by atoms with Gasteiger partial charge in [0.05, 0.1) is 27.1 Å².